The number of hydrogen-bond acceptors (Lipinski definition) is 7. The zero-order valence-corrected chi connectivity index (χ0v) is 21.1. The van der Waals surface area contributed by atoms with Crippen LogP contribution in [0.3, 0.4) is 0 Å². The van der Waals surface area contributed by atoms with Gasteiger partial charge in [-0.2, -0.15) is 0 Å². The Morgan fingerprint density at radius 2 is 1.81 bits per heavy atom. The number of nitrogens with zero attached hydrogens (tertiary/aromatic N) is 5. The number of pyridine rings is 1. The van der Waals surface area contributed by atoms with Crippen LogP contribution in [0.2, 0.25) is 0 Å². The molecule has 1 fully saturated rings. The number of H-pyrrole nitrogens is 1. The summed E-state index contributed by atoms with van der Waals surface area (Å²) in [7, 11) is 0. The maximum Gasteiger partial charge on any atom is 0.252 e. The van der Waals surface area contributed by atoms with Crippen LogP contribution >= 0.6 is 0 Å². The Bertz CT molecular complexity index is 1430. The van der Waals surface area contributed by atoms with Crippen LogP contribution < -0.4 is 15.0 Å². The lowest BCUT2D eigenvalue weighted by atomic mass is 10.1. The molecule has 0 amide bonds. The van der Waals surface area contributed by atoms with Gasteiger partial charge in [0, 0.05) is 30.1 Å². The van der Waals surface area contributed by atoms with E-state index in [0.29, 0.717) is 49.4 Å². The van der Waals surface area contributed by atoms with Gasteiger partial charge in [0.25, 0.3) is 5.56 Å². The first-order valence-corrected chi connectivity index (χ1v) is 13.2. The molecule has 0 radical (unpaired) electrons. The third kappa shape index (κ3) is 4.83. The average molecular weight is 501 g/mol. The largest absolute Gasteiger partial charge is 0.486 e. The van der Waals surface area contributed by atoms with Crippen LogP contribution in [0.15, 0.2) is 53.3 Å². The Kier molecular flexibility index (Phi) is 6.61. The number of rotatable bonds is 8. The maximum atomic E-state index is 13.3. The molecule has 1 atom stereocenters. The molecule has 4 aromatic rings. The third-order valence-electron chi connectivity index (χ3n) is 7.50. The van der Waals surface area contributed by atoms with Gasteiger partial charge >= 0.3 is 0 Å². The summed E-state index contributed by atoms with van der Waals surface area (Å²) in [6.07, 6.45) is 5.45. The Balaban J connectivity index is 1.37. The minimum atomic E-state index is -0.104. The van der Waals surface area contributed by atoms with Crippen LogP contribution in [-0.2, 0) is 13.1 Å². The second kappa shape index (κ2) is 10.3. The number of ether oxygens (including phenoxy) is 2. The Hall–Kier alpha value is -3.72. The molecule has 2 aromatic carbocycles. The van der Waals surface area contributed by atoms with Crippen molar-refractivity contribution >= 4 is 10.9 Å². The predicted molar refractivity (Wildman–Crippen MR) is 140 cm³/mol. The molecular formula is C28H32N6O3. The van der Waals surface area contributed by atoms with Crippen molar-refractivity contribution in [3.05, 3.63) is 75.8 Å². The van der Waals surface area contributed by atoms with E-state index in [1.165, 1.54) is 18.4 Å². The summed E-state index contributed by atoms with van der Waals surface area (Å²) in [6, 6.07) is 16.4. The van der Waals surface area contributed by atoms with Crippen molar-refractivity contribution in [2.24, 2.45) is 0 Å². The molecular weight excluding hydrogens is 468 g/mol. The SMILES string of the molecule is CC[C@H](c1nnnn1C1CCCC1)N(Cc1ccccc1)Cc1cc2cc3c(cc2[nH]c1=O)OCCO3. The maximum absolute atomic E-state index is 13.3. The monoisotopic (exact) mass is 500 g/mol. The molecule has 2 aromatic heterocycles. The van der Waals surface area contributed by atoms with Crippen molar-refractivity contribution < 1.29 is 9.47 Å². The molecule has 9 heteroatoms. The molecule has 9 nitrogen and oxygen atoms in total. The van der Waals surface area contributed by atoms with Gasteiger partial charge in [0.05, 0.1) is 17.6 Å². The number of aromatic nitrogens is 5. The number of fused-ring (bicyclic) bond motifs is 2. The second-order valence-corrected chi connectivity index (χ2v) is 9.94. The average Bonchev–Trinajstić information content (AvgIpc) is 3.62. The van der Waals surface area contributed by atoms with Crippen molar-refractivity contribution in [3.63, 3.8) is 0 Å². The van der Waals surface area contributed by atoms with Gasteiger partial charge < -0.3 is 14.5 Å². The zero-order valence-electron chi connectivity index (χ0n) is 21.1. The van der Waals surface area contributed by atoms with Gasteiger partial charge in [0.1, 0.15) is 13.2 Å². The molecule has 192 valence electrons. The highest BCUT2D eigenvalue weighted by Crippen LogP contribution is 2.35. The molecule has 6 rings (SSSR count). The van der Waals surface area contributed by atoms with Gasteiger partial charge in [-0.05, 0) is 47.4 Å². The van der Waals surface area contributed by atoms with E-state index in [2.05, 4.69) is 44.5 Å². The fourth-order valence-corrected chi connectivity index (χ4v) is 5.65. The summed E-state index contributed by atoms with van der Waals surface area (Å²) >= 11 is 0. The van der Waals surface area contributed by atoms with Gasteiger partial charge in [-0.1, -0.05) is 50.1 Å². The van der Waals surface area contributed by atoms with Crippen molar-refractivity contribution in [1.29, 1.82) is 0 Å². The van der Waals surface area contributed by atoms with Crippen molar-refractivity contribution in [3.8, 4) is 11.5 Å². The summed E-state index contributed by atoms with van der Waals surface area (Å²) in [5.41, 5.74) is 2.51. The van der Waals surface area contributed by atoms with E-state index in [4.69, 9.17) is 9.47 Å². The van der Waals surface area contributed by atoms with Crippen LogP contribution in [0, 0.1) is 0 Å². The van der Waals surface area contributed by atoms with Gasteiger partial charge in [-0.25, -0.2) is 4.68 Å². The normalized spacial score (nSPS) is 16.5. The molecule has 0 saturated heterocycles. The van der Waals surface area contributed by atoms with E-state index in [1.54, 1.807) is 0 Å². The standard InChI is InChI=1S/C28H32N6O3/c1-2-24(27-30-31-32-34(27)22-10-6-7-11-22)33(17-19-8-4-3-5-9-19)18-21-14-20-15-25-26(37-13-12-36-25)16-23(20)29-28(21)35/h3-5,8-9,14-16,22,24H,2,6-7,10-13,17-18H2,1H3,(H,29,35)/t24-/m1/s1. The fourth-order valence-electron chi connectivity index (χ4n) is 5.65. The highest BCUT2D eigenvalue weighted by molar-refractivity contribution is 5.83. The Morgan fingerprint density at radius 1 is 1.05 bits per heavy atom. The lowest BCUT2D eigenvalue weighted by Gasteiger charge is -2.31. The molecule has 1 saturated carbocycles. The summed E-state index contributed by atoms with van der Waals surface area (Å²) in [6.45, 7) is 4.33. The summed E-state index contributed by atoms with van der Waals surface area (Å²) < 4.78 is 13.5. The minimum absolute atomic E-state index is 0.0360. The lowest BCUT2D eigenvalue weighted by Crippen LogP contribution is -2.32. The molecule has 1 aliphatic carbocycles. The summed E-state index contributed by atoms with van der Waals surface area (Å²) in [4.78, 5) is 18.6. The molecule has 1 aliphatic heterocycles. The third-order valence-corrected chi connectivity index (χ3v) is 7.50. The van der Waals surface area contributed by atoms with Gasteiger partial charge in [-0.3, -0.25) is 9.69 Å². The lowest BCUT2D eigenvalue weighted by molar-refractivity contribution is 0.158. The highest BCUT2D eigenvalue weighted by atomic mass is 16.6. The molecule has 2 aliphatic rings. The van der Waals surface area contributed by atoms with E-state index in [0.717, 1.165) is 36.0 Å². The Labute approximate surface area is 215 Å². The molecule has 0 bridgehead atoms. The van der Waals surface area contributed by atoms with Crippen LogP contribution in [0.4, 0.5) is 0 Å². The van der Waals surface area contributed by atoms with E-state index >= 15 is 0 Å². The molecule has 0 spiro atoms. The summed E-state index contributed by atoms with van der Waals surface area (Å²) in [5, 5.41) is 13.9. The van der Waals surface area contributed by atoms with Crippen LogP contribution in [0.5, 0.6) is 11.5 Å². The van der Waals surface area contributed by atoms with Gasteiger partial charge in [0.15, 0.2) is 17.3 Å². The number of tetrazole rings is 1. The van der Waals surface area contributed by atoms with Gasteiger partial charge in [-0.15, -0.1) is 5.10 Å². The summed E-state index contributed by atoms with van der Waals surface area (Å²) in [5.74, 6) is 2.25. The quantitative estimate of drug-likeness (QED) is 0.379. The van der Waals surface area contributed by atoms with E-state index < -0.39 is 0 Å². The number of nitrogens with one attached hydrogen (secondary N) is 1. The molecule has 0 unspecified atom stereocenters. The molecule has 3 heterocycles. The first-order valence-electron chi connectivity index (χ1n) is 13.2. The predicted octanol–water partition coefficient (Wildman–Crippen LogP) is 4.55. The van der Waals surface area contributed by atoms with Crippen molar-refractivity contribution in [2.45, 2.75) is 64.2 Å². The first-order chi connectivity index (χ1) is 18.2. The van der Waals surface area contributed by atoms with E-state index in [9.17, 15) is 4.79 Å². The van der Waals surface area contributed by atoms with E-state index in [-0.39, 0.29) is 11.6 Å². The highest BCUT2D eigenvalue weighted by Gasteiger charge is 2.30. The van der Waals surface area contributed by atoms with Crippen LogP contribution in [0.25, 0.3) is 10.9 Å². The van der Waals surface area contributed by atoms with Crippen LogP contribution in [-0.4, -0.2) is 43.3 Å². The number of aromatic amines is 1. The smallest absolute Gasteiger partial charge is 0.252 e. The topological polar surface area (TPSA) is 98.2 Å². The minimum Gasteiger partial charge on any atom is -0.486 e. The van der Waals surface area contributed by atoms with Gasteiger partial charge in [0.2, 0.25) is 0 Å². The Morgan fingerprint density at radius 3 is 2.57 bits per heavy atom. The van der Waals surface area contributed by atoms with Crippen LogP contribution in [0.1, 0.15) is 68.1 Å². The molecule has 37 heavy (non-hydrogen) atoms. The first kappa shape index (κ1) is 23.7. The zero-order chi connectivity index (χ0) is 25.2. The van der Waals surface area contributed by atoms with E-state index in [1.807, 2.05) is 41.1 Å². The van der Waals surface area contributed by atoms with Crippen molar-refractivity contribution in [1.82, 2.24) is 30.1 Å². The molecule has 1 N–H and O–H groups in total. The second-order valence-electron chi connectivity index (χ2n) is 9.94. The number of hydrogen-bond donors (Lipinski definition) is 1. The fraction of sp³-hybridized carbons (Fsp3) is 0.429. The van der Waals surface area contributed by atoms with Crippen molar-refractivity contribution in [2.75, 3.05) is 13.2 Å². The number of benzene rings is 2.